The van der Waals surface area contributed by atoms with Crippen molar-refractivity contribution in [2.24, 2.45) is 30.5 Å². The van der Waals surface area contributed by atoms with Gasteiger partial charge in [-0.3, -0.25) is 4.79 Å². The Labute approximate surface area is 184 Å². The molecule has 0 bridgehead atoms. The summed E-state index contributed by atoms with van der Waals surface area (Å²) in [5, 5.41) is 20.0. The van der Waals surface area contributed by atoms with E-state index in [1.807, 2.05) is 6.07 Å². The van der Waals surface area contributed by atoms with Crippen molar-refractivity contribution in [3.05, 3.63) is 24.0 Å². The van der Waals surface area contributed by atoms with Crippen molar-refractivity contribution in [2.75, 3.05) is 24.7 Å². The predicted octanol–water partition coefficient (Wildman–Crippen LogP) is -0.0484. The molecule has 3 aromatic heterocycles. The third-order valence-corrected chi connectivity index (χ3v) is 8.03. The number of amides is 1. The van der Waals surface area contributed by atoms with Crippen molar-refractivity contribution in [2.45, 2.75) is 19.4 Å². The van der Waals surface area contributed by atoms with Crippen LogP contribution in [0, 0.1) is 17.8 Å². The van der Waals surface area contributed by atoms with Crippen LogP contribution >= 0.6 is 0 Å². The third kappa shape index (κ3) is 3.41. The Morgan fingerprint density at radius 1 is 1.31 bits per heavy atom. The molecule has 2 aliphatic rings. The average molecular weight is 460 g/mol. The number of aromatic nitrogens is 6. The maximum atomic E-state index is 12.2. The molecule has 170 valence electrons. The molecule has 4 atom stereocenters. The van der Waals surface area contributed by atoms with Crippen LogP contribution in [0.25, 0.3) is 16.9 Å². The fourth-order valence-electron chi connectivity index (χ4n) is 5.10. The molecule has 13 heteroatoms. The van der Waals surface area contributed by atoms with Crippen LogP contribution in [0.15, 0.2) is 18.5 Å². The second-order valence-corrected chi connectivity index (χ2v) is 10.8. The lowest BCUT2D eigenvalue weighted by atomic mass is 9.93. The minimum Gasteiger partial charge on any atom is -0.380 e. The summed E-state index contributed by atoms with van der Waals surface area (Å²) >= 11 is 0. The monoisotopic (exact) mass is 459 g/mol. The molecule has 0 aromatic carbocycles. The molecule has 1 aliphatic carbocycles. The molecule has 1 saturated carbocycles. The molecular weight excluding hydrogens is 434 g/mol. The molecular formula is C19H25N9O3S. The Bertz CT molecular complexity index is 1310. The van der Waals surface area contributed by atoms with Gasteiger partial charge in [0.2, 0.25) is 15.8 Å². The van der Waals surface area contributed by atoms with E-state index in [1.54, 1.807) is 22.1 Å². The van der Waals surface area contributed by atoms with E-state index < -0.39 is 15.9 Å². The van der Waals surface area contributed by atoms with Gasteiger partial charge in [-0.1, -0.05) is 6.92 Å². The first kappa shape index (κ1) is 20.8. The molecule has 32 heavy (non-hydrogen) atoms. The van der Waals surface area contributed by atoms with Gasteiger partial charge in [0.25, 0.3) is 5.91 Å². The second-order valence-electron chi connectivity index (χ2n) is 8.81. The van der Waals surface area contributed by atoms with Gasteiger partial charge in [0, 0.05) is 30.9 Å². The molecule has 1 unspecified atom stereocenters. The number of nitrogens with one attached hydrogen (secondary N) is 1. The summed E-state index contributed by atoms with van der Waals surface area (Å²) in [6.07, 6.45) is 5.30. The minimum atomic E-state index is -3.19. The van der Waals surface area contributed by atoms with Gasteiger partial charge in [-0.05, 0) is 35.5 Å². The van der Waals surface area contributed by atoms with Crippen LogP contribution < -0.4 is 11.1 Å². The molecule has 0 spiro atoms. The van der Waals surface area contributed by atoms with Crippen molar-refractivity contribution in [3.63, 3.8) is 0 Å². The molecule has 2 fully saturated rings. The molecule has 3 aromatic rings. The summed E-state index contributed by atoms with van der Waals surface area (Å²) in [5.74, 6) is 0.643. The molecule has 4 heterocycles. The number of anilines is 1. The minimum absolute atomic E-state index is 0.0732. The van der Waals surface area contributed by atoms with Crippen molar-refractivity contribution in [3.8, 4) is 11.4 Å². The standard InChI is InChI=1S/C19H25N9O3S/c1-10-14-9-27(32(3,30)31)7-11(14)4-15(10)22-17-13(18(20)29)6-21-28-8-12(5-16(17)28)19-23-25-26(2)24-19/h5-6,8,10-11,14-15,22H,4,7,9H2,1-3H3,(H2,20,29)/t10-,11?,14-,15-/m1/s1. The maximum Gasteiger partial charge on any atom is 0.252 e. The number of hydrogen-bond acceptors (Lipinski definition) is 8. The number of nitrogens with two attached hydrogens (primary N) is 1. The maximum absolute atomic E-state index is 12.2. The molecule has 12 nitrogen and oxygen atoms in total. The molecule has 0 radical (unpaired) electrons. The highest BCUT2D eigenvalue weighted by Gasteiger charge is 2.48. The fourth-order valence-corrected chi connectivity index (χ4v) is 6.01. The Hall–Kier alpha value is -3.06. The highest BCUT2D eigenvalue weighted by Crippen LogP contribution is 2.44. The number of aryl methyl sites for hydroxylation is 1. The lowest BCUT2D eigenvalue weighted by Crippen LogP contribution is -2.33. The van der Waals surface area contributed by atoms with Crippen LogP contribution in [-0.4, -0.2) is 73.8 Å². The van der Waals surface area contributed by atoms with Gasteiger partial charge in [0.15, 0.2) is 0 Å². The van der Waals surface area contributed by atoms with Gasteiger partial charge in [-0.15, -0.1) is 10.2 Å². The highest BCUT2D eigenvalue weighted by molar-refractivity contribution is 7.88. The van der Waals surface area contributed by atoms with E-state index in [4.69, 9.17) is 5.73 Å². The van der Waals surface area contributed by atoms with Crippen LogP contribution in [-0.2, 0) is 17.1 Å². The first-order valence-corrected chi connectivity index (χ1v) is 12.2. The van der Waals surface area contributed by atoms with Gasteiger partial charge >= 0.3 is 0 Å². The Kier molecular flexibility index (Phi) is 4.71. The summed E-state index contributed by atoms with van der Waals surface area (Å²) in [7, 11) is -1.51. The number of rotatable bonds is 5. The molecule has 1 saturated heterocycles. The average Bonchev–Trinajstić information content (AvgIpc) is 3.46. The Morgan fingerprint density at radius 3 is 2.72 bits per heavy atom. The lowest BCUT2D eigenvalue weighted by Gasteiger charge is -2.25. The second kappa shape index (κ2) is 7.24. The fraction of sp³-hybridized carbons (Fsp3) is 0.526. The quantitative estimate of drug-likeness (QED) is 0.538. The smallest absolute Gasteiger partial charge is 0.252 e. The van der Waals surface area contributed by atoms with Crippen molar-refractivity contribution in [1.82, 2.24) is 34.1 Å². The first-order valence-electron chi connectivity index (χ1n) is 10.4. The summed E-state index contributed by atoms with van der Waals surface area (Å²) in [4.78, 5) is 13.5. The molecule has 1 aliphatic heterocycles. The SMILES string of the molecule is C[C@H]1[C@H](Nc2c(C(N)=O)cnn3cc(-c4nnn(C)n4)cc23)CC2CN(S(C)(=O)=O)C[C@@H]21. The van der Waals surface area contributed by atoms with Gasteiger partial charge in [-0.25, -0.2) is 17.2 Å². The van der Waals surface area contributed by atoms with E-state index in [0.29, 0.717) is 35.7 Å². The van der Waals surface area contributed by atoms with E-state index in [-0.39, 0.29) is 23.8 Å². The number of tetrazole rings is 1. The van der Waals surface area contributed by atoms with Crippen LogP contribution in [0.5, 0.6) is 0 Å². The highest BCUT2D eigenvalue weighted by atomic mass is 32.2. The van der Waals surface area contributed by atoms with E-state index in [0.717, 1.165) is 12.0 Å². The van der Waals surface area contributed by atoms with E-state index in [1.165, 1.54) is 17.2 Å². The predicted molar refractivity (Wildman–Crippen MR) is 116 cm³/mol. The Balaban J connectivity index is 1.48. The first-order chi connectivity index (χ1) is 15.1. The van der Waals surface area contributed by atoms with Gasteiger partial charge in [0.05, 0.1) is 36.3 Å². The van der Waals surface area contributed by atoms with E-state index in [9.17, 15) is 13.2 Å². The number of carbonyl (C=O) groups is 1. The van der Waals surface area contributed by atoms with Crippen molar-refractivity contribution >= 4 is 27.1 Å². The van der Waals surface area contributed by atoms with Crippen LogP contribution in [0.1, 0.15) is 23.7 Å². The van der Waals surface area contributed by atoms with Crippen LogP contribution in [0.3, 0.4) is 0 Å². The Morgan fingerprint density at radius 2 is 2.09 bits per heavy atom. The molecule has 5 rings (SSSR count). The van der Waals surface area contributed by atoms with Crippen molar-refractivity contribution < 1.29 is 13.2 Å². The number of fused-ring (bicyclic) bond motifs is 2. The zero-order valence-electron chi connectivity index (χ0n) is 18.0. The summed E-state index contributed by atoms with van der Waals surface area (Å²) in [6.45, 7) is 3.20. The zero-order chi connectivity index (χ0) is 22.8. The normalized spacial score (nSPS) is 26.0. The zero-order valence-corrected chi connectivity index (χ0v) is 18.8. The van der Waals surface area contributed by atoms with Crippen molar-refractivity contribution in [1.29, 1.82) is 0 Å². The number of hydrogen-bond donors (Lipinski definition) is 2. The third-order valence-electron chi connectivity index (χ3n) is 6.79. The molecule has 1 amide bonds. The van der Waals surface area contributed by atoms with E-state index >= 15 is 0 Å². The summed E-state index contributed by atoms with van der Waals surface area (Å²) in [5.41, 5.74) is 7.97. The number of sulfonamides is 1. The number of nitrogens with zero attached hydrogens (tertiary/aromatic N) is 7. The number of primary amides is 1. The van der Waals surface area contributed by atoms with Crippen LogP contribution in [0.2, 0.25) is 0 Å². The van der Waals surface area contributed by atoms with Crippen LogP contribution in [0.4, 0.5) is 5.69 Å². The summed E-state index contributed by atoms with van der Waals surface area (Å²) in [6, 6.07) is 1.92. The lowest BCUT2D eigenvalue weighted by molar-refractivity contribution is 0.100. The molecule has 3 N–H and O–H groups in total. The van der Waals surface area contributed by atoms with Gasteiger partial charge < -0.3 is 11.1 Å². The summed E-state index contributed by atoms with van der Waals surface area (Å²) < 4.78 is 27.2. The van der Waals surface area contributed by atoms with Gasteiger partial charge in [0.1, 0.15) is 0 Å². The van der Waals surface area contributed by atoms with Gasteiger partial charge in [-0.2, -0.15) is 9.90 Å². The van der Waals surface area contributed by atoms with E-state index in [2.05, 4.69) is 32.7 Å². The number of carbonyl (C=O) groups excluding carboxylic acids is 1. The topological polar surface area (TPSA) is 153 Å². The largest absolute Gasteiger partial charge is 0.380 e.